The highest BCUT2D eigenvalue weighted by atomic mass is 14.7. The van der Waals surface area contributed by atoms with Gasteiger partial charge in [-0.25, -0.2) is 0 Å². The summed E-state index contributed by atoms with van der Waals surface area (Å²) in [6.07, 6.45) is 7.53. The average molecular weight is 211 g/mol. The van der Waals surface area contributed by atoms with Crippen LogP contribution in [0.25, 0.3) is 0 Å². The van der Waals surface area contributed by atoms with Crippen molar-refractivity contribution in [1.82, 2.24) is 0 Å². The molecule has 0 atom stereocenters. The summed E-state index contributed by atoms with van der Waals surface area (Å²) in [4.78, 5) is 4.51. The number of hydrogen-bond donors (Lipinski definition) is 0. The molecule has 0 amide bonds. The van der Waals surface area contributed by atoms with Crippen LogP contribution in [-0.4, -0.2) is 5.71 Å². The number of aliphatic imine (C=N–C) groups is 1. The van der Waals surface area contributed by atoms with Crippen molar-refractivity contribution < 1.29 is 0 Å². The topological polar surface area (TPSA) is 12.4 Å². The molecule has 0 N–H and O–H groups in total. The lowest BCUT2D eigenvalue weighted by molar-refractivity contribution is 1.29. The first kappa shape index (κ1) is 12.2. The lowest BCUT2D eigenvalue weighted by Gasteiger charge is -1.99. The van der Waals surface area contributed by atoms with Crippen LogP contribution in [0.3, 0.4) is 0 Å². The lowest BCUT2D eigenvalue weighted by Crippen LogP contribution is -1.93. The Labute approximate surface area is 97.5 Å². The van der Waals surface area contributed by atoms with E-state index in [9.17, 15) is 0 Å². The van der Waals surface area contributed by atoms with Gasteiger partial charge < -0.3 is 0 Å². The monoisotopic (exact) mass is 211 g/mol. The van der Waals surface area contributed by atoms with E-state index in [4.69, 9.17) is 0 Å². The van der Waals surface area contributed by atoms with Gasteiger partial charge in [0.1, 0.15) is 0 Å². The highest BCUT2D eigenvalue weighted by molar-refractivity contribution is 5.99. The third-order valence-electron chi connectivity index (χ3n) is 2.12. The lowest BCUT2D eigenvalue weighted by atomic mass is 10.1. The summed E-state index contributed by atoms with van der Waals surface area (Å²) in [5.41, 5.74) is 3.17. The van der Waals surface area contributed by atoms with Gasteiger partial charge in [0.05, 0.1) is 0 Å². The normalized spacial score (nSPS) is 13.1. The Morgan fingerprint density at radius 1 is 1.12 bits per heavy atom. The summed E-state index contributed by atoms with van der Waals surface area (Å²) >= 11 is 0. The zero-order valence-electron chi connectivity index (χ0n) is 9.85. The van der Waals surface area contributed by atoms with Crippen molar-refractivity contribution in [1.29, 1.82) is 0 Å². The maximum Gasteiger partial charge on any atom is 0.0448 e. The van der Waals surface area contributed by atoms with Crippen molar-refractivity contribution in [3.63, 3.8) is 0 Å². The molecule has 0 aromatic heterocycles. The Bertz CT molecular complexity index is 422. The van der Waals surface area contributed by atoms with Crippen LogP contribution in [0.4, 0.5) is 0 Å². The Balaban J connectivity index is 2.81. The molecule has 0 aliphatic heterocycles. The standard InChI is InChI=1S/C15H17N/c1-4-5-7-10-13(2)16-14(3)15-11-8-6-9-12-15/h4-12H,1H2,2-3H3/b7-5-,13-10+,16-14?. The molecule has 0 saturated heterocycles. The van der Waals surface area contributed by atoms with E-state index in [1.807, 2.05) is 50.3 Å². The third-order valence-corrected chi connectivity index (χ3v) is 2.12. The number of hydrogen-bond acceptors (Lipinski definition) is 1. The summed E-state index contributed by atoms with van der Waals surface area (Å²) in [6, 6.07) is 10.2. The van der Waals surface area contributed by atoms with Crippen LogP contribution < -0.4 is 0 Å². The van der Waals surface area contributed by atoms with Gasteiger partial charge in [0.15, 0.2) is 0 Å². The molecule has 0 radical (unpaired) electrons. The first-order chi connectivity index (χ1) is 7.74. The van der Waals surface area contributed by atoms with Crippen molar-refractivity contribution in [3.8, 4) is 0 Å². The summed E-state index contributed by atoms with van der Waals surface area (Å²) in [5, 5.41) is 0. The molecule has 82 valence electrons. The summed E-state index contributed by atoms with van der Waals surface area (Å²) in [6.45, 7) is 7.62. The predicted molar refractivity (Wildman–Crippen MR) is 71.7 cm³/mol. The van der Waals surface area contributed by atoms with Crippen LogP contribution in [0.5, 0.6) is 0 Å². The van der Waals surface area contributed by atoms with Gasteiger partial charge in [-0.15, -0.1) is 0 Å². The van der Waals surface area contributed by atoms with Crippen molar-refractivity contribution in [3.05, 3.63) is 72.5 Å². The SMILES string of the molecule is C=C/C=C\C=C(/C)N=C(C)c1ccccc1. The number of nitrogens with zero attached hydrogens (tertiary/aromatic N) is 1. The van der Waals surface area contributed by atoms with Gasteiger partial charge >= 0.3 is 0 Å². The summed E-state index contributed by atoms with van der Waals surface area (Å²) in [7, 11) is 0. The molecule has 0 aliphatic rings. The second-order valence-electron chi connectivity index (χ2n) is 3.49. The van der Waals surface area contributed by atoms with E-state index in [0.717, 1.165) is 17.0 Å². The van der Waals surface area contributed by atoms with E-state index in [-0.39, 0.29) is 0 Å². The first-order valence-electron chi connectivity index (χ1n) is 5.30. The number of allylic oxidation sites excluding steroid dienone is 5. The molecule has 0 spiro atoms. The zero-order valence-corrected chi connectivity index (χ0v) is 9.85. The molecule has 1 aromatic rings. The quantitative estimate of drug-likeness (QED) is 0.524. The van der Waals surface area contributed by atoms with E-state index >= 15 is 0 Å². The highest BCUT2D eigenvalue weighted by Crippen LogP contribution is 2.04. The highest BCUT2D eigenvalue weighted by Gasteiger charge is 1.94. The fourth-order valence-electron chi connectivity index (χ4n) is 1.32. The van der Waals surface area contributed by atoms with E-state index in [1.165, 1.54) is 0 Å². The predicted octanol–water partition coefficient (Wildman–Crippen LogP) is 4.14. The molecule has 0 saturated carbocycles. The molecule has 1 aromatic carbocycles. The van der Waals surface area contributed by atoms with Crippen LogP contribution in [-0.2, 0) is 0 Å². The van der Waals surface area contributed by atoms with Crippen molar-refractivity contribution in [2.75, 3.05) is 0 Å². The Morgan fingerprint density at radius 2 is 1.81 bits per heavy atom. The molecule has 1 nitrogen and oxygen atoms in total. The molecule has 1 rings (SSSR count). The van der Waals surface area contributed by atoms with E-state index in [1.54, 1.807) is 6.08 Å². The van der Waals surface area contributed by atoms with Crippen LogP contribution in [0, 0.1) is 0 Å². The molecular formula is C15H17N. The van der Waals surface area contributed by atoms with E-state index in [2.05, 4.69) is 23.7 Å². The molecule has 0 unspecified atom stereocenters. The Morgan fingerprint density at radius 3 is 2.44 bits per heavy atom. The number of benzene rings is 1. The van der Waals surface area contributed by atoms with Gasteiger partial charge in [0.25, 0.3) is 0 Å². The molecule has 0 fully saturated rings. The Hall–Kier alpha value is -1.89. The van der Waals surface area contributed by atoms with Crippen molar-refractivity contribution in [2.24, 2.45) is 4.99 Å². The van der Waals surface area contributed by atoms with E-state index in [0.29, 0.717) is 0 Å². The van der Waals surface area contributed by atoms with Crippen molar-refractivity contribution in [2.45, 2.75) is 13.8 Å². The first-order valence-corrected chi connectivity index (χ1v) is 5.30. The van der Waals surface area contributed by atoms with E-state index < -0.39 is 0 Å². The third kappa shape index (κ3) is 4.09. The fourth-order valence-corrected chi connectivity index (χ4v) is 1.32. The minimum absolute atomic E-state index is 0.986. The Kier molecular flexibility index (Phi) is 5.00. The maximum atomic E-state index is 4.51. The van der Waals surface area contributed by atoms with Gasteiger partial charge in [-0.2, -0.15) is 0 Å². The molecular weight excluding hydrogens is 194 g/mol. The molecule has 0 bridgehead atoms. The van der Waals surface area contributed by atoms with Gasteiger partial charge in [0.2, 0.25) is 0 Å². The van der Waals surface area contributed by atoms with Gasteiger partial charge in [-0.1, -0.05) is 55.1 Å². The molecule has 16 heavy (non-hydrogen) atoms. The number of rotatable bonds is 4. The minimum Gasteiger partial charge on any atom is -0.258 e. The summed E-state index contributed by atoms with van der Waals surface area (Å²) < 4.78 is 0. The largest absolute Gasteiger partial charge is 0.258 e. The average Bonchev–Trinajstić information content (AvgIpc) is 2.30. The molecule has 0 aliphatic carbocycles. The zero-order chi connectivity index (χ0) is 11.8. The van der Waals surface area contributed by atoms with Gasteiger partial charge in [0, 0.05) is 11.4 Å². The minimum atomic E-state index is 0.986. The van der Waals surface area contributed by atoms with Crippen LogP contribution in [0.15, 0.2) is 71.9 Å². The van der Waals surface area contributed by atoms with Gasteiger partial charge in [-0.05, 0) is 25.5 Å². The second kappa shape index (κ2) is 6.57. The summed E-state index contributed by atoms with van der Waals surface area (Å²) in [5.74, 6) is 0. The maximum absolute atomic E-state index is 4.51. The smallest absolute Gasteiger partial charge is 0.0448 e. The van der Waals surface area contributed by atoms with Gasteiger partial charge in [-0.3, -0.25) is 4.99 Å². The molecule has 0 heterocycles. The van der Waals surface area contributed by atoms with Crippen LogP contribution in [0.2, 0.25) is 0 Å². The fraction of sp³-hybridized carbons (Fsp3) is 0.133. The second-order valence-corrected chi connectivity index (χ2v) is 3.49. The molecule has 1 heteroatoms. The van der Waals surface area contributed by atoms with Crippen LogP contribution >= 0.6 is 0 Å². The van der Waals surface area contributed by atoms with Crippen molar-refractivity contribution >= 4 is 5.71 Å². The van der Waals surface area contributed by atoms with Crippen LogP contribution in [0.1, 0.15) is 19.4 Å².